The smallest absolute Gasteiger partial charge is 0.0694 e. The maximum atomic E-state index is 6.03. The predicted molar refractivity (Wildman–Crippen MR) is 55.6 cm³/mol. The van der Waals surface area contributed by atoms with Gasteiger partial charge in [-0.2, -0.15) is 0 Å². The van der Waals surface area contributed by atoms with Crippen LogP contribution in [-0.4, -0.2) is 19.3 Å². The van der Waals surface area contributed by atoms with E-state index in [1.165, 1.54) is 32.1 Å². The highest BCUT2D eigenvalue weighted by Crippen LogP contribution is 2.27. The molecule has 0 bridgehead atoms. The number of methoxy groups -OCH3 is 1. The van der Waals surface area contributed by atoms with E-state index in [0.29, 0.717) is 0 Å². The molecule has 13 heavy (non-hydrogen) atoms. The minimum absolute atomic E-state index is 0.210. The number of nitrogens with two attached hydrogens (primary N) is 1. The van der Waals surface area contributed by atoms with Gasteiger partial charge in [-0.1, -0.05) is 32.1 Å². The standard InChI is InChI=1S/C11H23NO/c1-9(13-2)11(12)8-10-6-4-3-5-7-10/h9-11H,3-8,12H2,1-2H3. The van der Waals surface area contributed by atoms with Gasteiger partial charge in [0.1, 0.15) is 0 Å². The molecule has 0 heterocycles. The second-order valence-electron chi connectivity index (χ2n) is 4.34. The first-order chi connectivity index (χ1) is 6.24. The van der Waals surface area contributed by atoms with Crippen molar-refractivity contribution in [1.82, 2.24) is 0 Å². The minimum atomic E-state index is 0.210. The second-order valence-corrected chi connectivity index (χ2v) is 4.34. The van der Waals surface area contributed by atoms with Gasteiger partial charge in [-0.3, -0.25) is 0 Å². The van der Waals surface area contributed by atoms with Gasteiger partial charge in [-0.15, -0.1) is 0 Å². The average Bonchev–Trinajstić information content (AvgIpc) is 2.18. The van der Waals surface area contributed by atoms with Crippen LogP contribution in [0.1, 0.15) is 45.4 Å². The molecule has 2 N–H and O–H groups in total. The van der Waals surface area contributed by atoms with Crippen molar-refractivity contribution in [3.63, 3.8) is 0 Å². The molecule has 1 rings (SSSR count). The van der Waals surface area contributed by atoms with Crippen LogP contribution < -0.4 is 5.73 Å². The molecular formula is C11H23NO. The number of hydrogen-bond acceptors (Lipinski definition) is 2. The molecule has 2 unspecified atom stereocenters. The first-order valence-corrected chi connectivity index (χ1v) is 5.52. The summed E-state index contributed by atoms with van der Waals surface area (Å²) in [4.78, 5) is 0. The Hall–Kier alpha value is -0.0800. The van der Waals surface area contributed by atoms with E-state index in [0.717, 1.165) is 12.3 Å². The van der Waals surface area contributed by atoms with Crippen LogP contribution in [0.5, 0.6) is 0 Å². The molecule has 0 aromatic carbocycles. The third kappa shape index (κ3) is 3.65. The third-order valence-electron chi connectivity index (χ3n) is 3.30. The van der Waals surface area contributed by atoms with Crippen LogP contribution in [0.25, 0.3) is 0 Å². The normalized spacial score (nSPS) is 24.2. The zero-order valence-corrected chi connectivity index (χ0v) is 8.96. The van der Waals surface area contributed by atoms with Gasteiger partial charge in [0.15, 0.2) is 0 Å². The topological polar surface area (TPSA) is 35.2 Å². The Bertz CT molecular complexity index is 132. The van der Waals surface area contributed by atoms with Crippen molar-refractivity contribution in [1.29, 1.82) is 0 Å². The van der Waals surface area contributed by atoms with Crippen molar-refractivity contribution in [2.75, 3.05) is 7.11 Å². The van der Waals surface area contributed by atoms with Crippen molar-refractivity contribution >= 4 is 0 Å². The van der Waals surface area contributed by atoms with Gasteiger partial charge in [-0.05, 0) is 19.3 Å². The molecule has 0 spiro atoms. The molecule has 1 fully saturated rings. The summed E-state index contributed by atoms with van der Waals surface area (Å²) in [5.41, 5.74) is 6.03. The Morgan fingerprint density at radius 1 is 1.31 bits per heavy atom. The van der Waals surface area contributed by atoms with E-state index in [2.05, 4.69) is 6.92 Å². The maximum absolute atomic E-state index is 6.03. The summed E-state index contributed by atoms with van der Waals surface area (Å²) < 4.78 is 5.23. The van der Waals surface area contributed by atoms with Gasteiger partial charge < -0.3 is 10.5 Å². The Labute approximate surface area is 81.8 Å². The predicted octanol–water partition coefficient (Wildman–Crippen LogP) is 2.32. The molecule has 1 aliphatic carbocycles. The van der Waals surface area contributed by atoms with Crippen LogP contribution in [0.4, 0.5) is 0 Å². The average molecular weight is 185 g/mol. The highest BCUT2D eigenvalue weighted by Gasteiger charge is 2.19. The molecule has 2 nitrogen and oxygen atoms in total. The first kappa shape index (κ1) is 11.0. The molecule has 2 atom stereocenters. The highest BCUT2D eigenvalue weighted by atomic mass is 16.5. The molecule has 0 radical (unpaired) electrons. The van der Waals surface area contributed by atoms with E-state index >= 15 is 0 Å². The molecule has 0 aromatic heterocycles. The van der Waals surface area contributed by atoms with Crippen molar-refractivity contribution < 1.29 is 4.74 Å². The van der Waals surface area contributed by atoms with Crippen molar-refractivity contribution in [3.8, 4) is 0 Å². The van der Waals surface area contributed by atoms with Crippen LogP contribution >= 0.6 is 0 Å². The fraction of sp³-hybridized carbons (Fsp3) is 1.00. The van der Waals surface area contributed by atoms with E-state index in [-0.39, 0.29) is 12.1 Å². The van der Waals surface area contributed by atoms with Gasteiger partial charge in [0.25, 0.3) is 0 Å². The molecular weight excluding hydrogens is 162 g/mol. The highest BCUT2D eigenvalue weighted by molar-refractivity contribution is 4.75. The van der Waals surface area contributed by atoms with Gasteiger partial charge >= 0.3 is 0 Å². The first-order valence-electron chi connectivity index (χ1n) is 5.52. The fourth-order valence-corrected chi connectivity index (χ4v) is 2.17. The lowest BCUT2D eigenvalue weighted by Crippen LogP contribution is -2.36. The molecule has 0 saturated heterocycles. The fourth-order valence-electron chi connectivity index (χ4n) is 2.17. The van der Waals surface area contributed by atoms with E-state index in [1.54, 1.807) is 7.11 Å². The van der Waals surface area contributed by atoms with Gasteiger partial charge in [0.05, 0.1) is 6.10 Å². The molecule has 1 saturated carbocycles. The number of rotatable bonds is 4. The lowest BCUT2D eigenvalue weighted by Gasteiger charge is -2.27. The monoisotopic (exact) mass is 185 g/mol. The Morgan fingerprint density at radius 2 is 1.92 bits per heavy atom. The summed E-state index contributed by atoms with van der Waals surface area (Å²) in [5, 5.41) is 0. The molecule has 0 amide bonds. The van der Waals surface area contributed by atoms with E-state index in [4.69, 9.17) is 10.5 Å². The number of hydrogen-bond donors (Lipinski definition) is 1. The zero-order chi connectivity index (χ0) is 9.68. The van der Waals surface area contributed by atoms with Crippen LogP contribution in [-0.2, 0) is 4.74 Å². The van der Waals surface area contributed by atoms with E-state index < -0.39 is 0 Å². The Kier molecular flexibility index (Phi) is 4.74. The summed E-state index contributed by atoms with van der Waals surface area (Å²) in [6.45, 7) is 2.06. The largest absolute Gasteiger partial charge is 0.380 e. The Balaban J connectivity index is 2.21. The van der Waals surface area contributed by atoms with Crippen LogP contribution in [0.2, 0.25) is 0 Å². The second kappa shape index (κ2) is 5.61. The third-order valence-corrected chi connectivity index (χ3v) is 3.30. The van der Waals surface area contributed by atoms with Crippen molar-refractivity contribution in [3.05, 3.63) is 0 Å². The molecule has 0 aromatic rings. The minimum Gasteiger partial charge on any atom is -0.380 e. The molecule has 2 heteroatoms. The Morgan fingerprint density at radius 3 is 2.46 bits per heavy atom. The van der Waals surface area contributed by atoms with Crippen LogP contribution in [0.15, 0.2) is 0 Å². The van der Waals surface area contributed by atoms with Crippen LogP contribution in [0, 0.1) is 5.92 Å². The summed E-state index contributed by atoms with van der Waals surface area (Å²) in [6, 6.07) is 0.230. The maximum Gasteiger partial charge on any atom is 0.0694 e. The SMILES string of the molecule is COC(C)C(N)CC1CCCCC1. The summed E-state index contributed by atoms with van der Waals surface area (Å²) in [5.74, 6) is 0.862. The summed E-state index contributed by atoms with van der Waals surface area (Å²) >= 11 is 0. The summed E-state index contributed by atoms with van der Waals surface area (Å²) in [7, 11) is 1.74. The van der Waals surface area contributed by atoms with E-state index in [1.807, 2.05) is 0 Å². The summed E-state index contributed by atoms with van der Waals surface area (Å²) in [6.07, 6.45) is 8.34. The molecule has 1 aliphatic rings. The van der Waals surface area contributed by atoms with E-state index in [9.17, 15) is 0 Å². The van der Waals surface area contributed by atoms with Crippen molar-refractivity contribution in [2.24, 2.45) is 11.7 Å². The van der Waals surface area contributed by atoms with Crippen molar-refractivity contribution in [2.45, 2.75) is 57.6 Å². The van der Waals surface area contributed by atoms with Crippen LogP contribution in [0.3, 0.4) is 0 Å². The molecule has 78 valence electrons. The van der Waals surface area contributed by atoms with Gasteiger partial charge in [0, 0.05) is 13.2 Å². The number of ether oxygens (including phenoxy) is 1. The van der Waals surface area contributed by atoms with Gasteiger partial charge in [-0.25, -0.2) is 0 Å². The zero-order valence-electron chi connectivity index (χ0n) is 8.96. The van der Waals surface area contributed by atoms with Gasteiger partial charge in [0.2, 0.25) is 0 Å². The quantitative estimate of drug-likeness (QED) is 0.729. The lowest BCUT2D eigenvalue weighted by molar-refractivity contribution is 0.0845. The molecule has 0 aliphatic heterocycles. The lowest BCUT2D eigenvalue weighted by atomic mass is 9.84.